The van der Waals surface area contributed by atoms with Crippen LogP contribution in [0.25, 0.3) is 0 Å². The van der Waals surface area contributed by atoms with Gasteiger partial charge in [0.15, 0.2) is 0 Å². The number of nitrogens with zero attached hydrogens (tertiary/aromatic N) is 1. The SMILES string of the molecule is CCCCC1(F)C(F)(F)C(F)(F)N(F)C(F)(F)C1(F)F. The number of hydrogen-bond acceptors (Lipinski definition) is 1. The Balaban J connectivity index is 3.52. The van der Waals surface area contributed by atoms with Crippen molar-refractivity contribution in [1.29, 1.82) is 0 Å². The molecule has 0 atom stereocenters. The molecule has 11 heteroatoms. The number of halogens is 10. The van der Waals surface area contributed by atoms with Gasteiger partial charge in [-0.2, -0.15) is 35.1 Å². The van der Waals surface area contributed by atoms with Gasteiger partial charge >= 0.3 is 23.9 Å². The molecular weight excluding hydrogens is 312 g/mol. The van der Waals surface area contributed by atoms with Crippen LogP contribution in [-0.4, -0.2) is 34.7 Å². The van der Waals surface area contributed by atoms with Crippen molar-refractivity contribution in [3.05, 3.63) is 0 Å². The van der Waals surface area contributed by atoms with Crippen molar-refractivity contribution < 1.29 is 44.0 Å². The van der Waals surface area contributed by atoms with Crippen molar-refractivity contribution in [2.75, 3.05) is 0 Å². The van der Waals surface area contributed by atoms with Crippen molar-refractivity contribution in [3.63, 3.8) is 0 Å². The van der Waals surface area contributed by atoms with Crippen LogP contribution in [0, 0.1) is 0 Å². The van der Waals surface area contributed by atoms with E-state index in [0.717, 1.165) is 0 Å². The molecule has 0 N–H and O–H groups in total. The van der Waals surface area contributed by atoms with Crippen LogP contribution in [0.1, 0.15) is 26.2 Å². The van der Waals surface area contributed by atoms with Gasteiger partial charge in [0.2, 0.25) is 0 Å². The molecular formula is C9H9F10N. The Morgan fingerprint density at radius 2 is 1.10 bits per heavy atom. The molecule has 0 unspecified atom stereocenters. The van der Waals surface area contributed by atoms with Crippen molar-refractivity contribution in [2.24, 2.45) is 0 Å². The third-order valence-electron chi connectivity index (χ3n) is 3.12. The van der Waals surface area contributed by atoms with E-state index in [1.54, 1.807) is 0 Å². The summed E-state index contributed by atoms with van der Waals surface area (Å²) in [5.74, 6) is -12.7. The highest BCUT2D eigenvalue weighted by Gasteiger charge is 2.94. The molecule has 0 aromatic carbocycles. The van der Waals surface area contributed by atoms with E-state index in [0.29, 0.717) is 0 Å². The summed E-state index contributed by atoms with van der Waals surface area (Å²) < 4.78 is 131. The van der Waals surface area contributed by atoms with E-state index in [4.69, 9.17) is 0 Å². The van der Waals surface area contributed by atoms with Gasteiger partial charge in [0.05, 0.1) is 0 Å². The summed E-state index contributed by atoms with van der Waals surface area (Å²) in [6.45, 7) is 1.21. The second kappa shape index (κ2) is 4.38. The van der Waals surface area contributed by atoms with Crippen molar-refractivity contribution in [1.82, 2.24) is 5.12 Å². The molecule has 0 spiro atoms. The maximum absolute atomic E-state index is 13.8. The largest absolute Gasteiger partial charge is 0.401 e. The summed E-state index contributed by atoms with van der Waals surface area (Å²) in [7, 11) is 0. The molecule has 1 nitrogen and oxygen atoms in total. The minimum absolute atomic E-state index is 0.200. The Labute approximate surface area is 106 Å². The Kier molecular flexibility index (Phi) is 3.79. The van der Waals surface area contributed by atoms with Gasteiger partial charge in [-0.05, 0) is 11.5 Å². The molecule has 120 valence electrons. The van der Waals surface area contributed by atoms with Gasteiger partial charge in [0.25, 0.3) is 5.67 Å². The van der Waals surface area contributed by atoms with E-state index in [9.17, 15) is 44.0 Å². The van der Waals surface area contributed by atoms with Crippen LogP contribution in [0.4, 0.5) is 44.0 Å². The number of unbranched alkanes of at least 4 members (excludes halogenated alkanes) is 1. The lowest BCUT2D eigenvalue weighted by molar-refractivity contribution is -0.519. The van der Waals surface area contributed by atoms with Crippen LogP contribution in [0.2, 0.25) is 0 Å². The molecule has 20 heavy (non-hydrogen) atoms. The fraction of sp³-hybridized carbons (Fsp3) is 1.00. The van der Waals surface area contributed by atoms with Crippen LogP contribution in [0.3, 0.4) is 0 Å². The second-order valence-electron chi connectivity index (χ2n) is 4.42. The fourth-order valence-corrected chi connectivity index (χ4v) is 1.83. The number of piperidine rings is 1. The fourth-order valence-electron chi connectivity index (χ4n) is 1.83. The summed E-state index contributed by atoms with van der Waals surface area (Å²) >= 11 is 0. The molecule has 0 aromatic heterocycles. The highest BCUT2D eigenvalue weighted by atomic mass is 19.4. The first kappa shape index (κ1) is 17.3. The first-order valence-electron chi connectivity index (χ1n) is 5.38. The van der Waals surface area contributed by atoms with E-state index in [1.807, 2.05) is 0 Å². The van der Waals surface area contributed by atoms with Gasteiger partial charge in [0.1, 0.15) is 0 Å². The highest BCUT2D eigenvalue weighted by molar-refractivity contribution is 5.17. The molecule has 1 heterocycles. The van der Waals surface area contributed by atoms with Crippen LogP contribution >= 0.6 is 0 Å². The molecule has 1 aliphatic rings. The van der Waals surface area contributed by atoms with Gasteiger partial charge < -0.3 is 0 Å². The maximum Gasteiger partial charge on any atom is 0.401 e. The summed E-state index contributed by atoms with van der Waals surface area (Å²) in [5, 5.41) is -3.27. The summed E-state index contributed by atoms with van der Waals surface area (Å²) in [5.41, 5.74) is -5.58. The number of rotatable bonds is 3. The maximum atomic E-state index is 13.8. The molecule has 0 aromatic rings. The zero-order valence-electron chi connectivity index (χ0n) is 9.85. The molecule has 0 saturated carbocycles. The zero-order chi connectivity index (χ0) is 16.2. The average molecular weight is 321 g/mol. The smallest absolute Gasteiger partial charge is 0.230 e. The molecule has 1 fully saturated rings. The van der Waals surface area contributed by atoms with Crippen molar-refractivity contribution in [3.8, 4) is 0 Å². The van der Waals surface area contributed by atoms with Crippen LogP contribution in [0.15, 0.2) is 0 Å². The normalized spacial score (nSPS) is 30.1. The van der Waals surface area contributed by atoms with Crippen LogP contribution < -0.4 is 0 Å². The predicted molar refractivity (Wildman–Crippen MR) is 46.1 cm³/mol. The highest BCUT2D eigenvalue weighted by Crippen LogP contribution is 2.65. The predicted octanol–water partition coefficient (Wildman–Crippen LogP) is 4.54. The van der Waals surface area contributed by atoms with Crippen molar-refractivity contribution >= 4 is 0 Å². The van der Waals surface area contributed by atoms with Gasteiger partial charge in [-0.25, -0.2) is 4.39 Å². The molecule has 0 radical (unpaired) electrons. The Bertz CT molecular complexity index is 351. The lowest BCUT2D eigenvalue weighted by Crippen LogP contribution is -2.81. The monoisotopic (exact) mass is 321 g/mol. The molecule has 1 aliphatic heterocycles. The van der Waals surface area contributed by atoms with E-state index >= 15 is 0 Å². The summed E-state index contributed by atoms with van der Waals surface area (Å²) in [6.07, 6.45) is -2.96. The minimum atomic E-state index is -6.42. The summed E-state index contributed by atoms with van der Waals surface area (Å²) in [4.78, 5) is 0. The molecule has 1 rings (SSSR count). The topological polar surface area (TPSA) is 3.24 Å². The molecule has 0 aliphatic carbocycles. The van der Waals surface area contributed by atoms with E-state index < -0.39 is 47.6 Å². The molecule has 0 bridgehead atoms. The standard InChI is InChI=1S/C9H9F10N/c1-2-3-4-5(10)6(11,12)8(15,16)20(19)9(17,18)7(5,13)14/h2-4H2,1H3. The van der Waals surface area contributed by atoms with Crippen LogP contribution in [-0.2, 0) is 0 Å². The number of hydrogen-bond donors (Lipinski definition) is 0. The van der Waals surface area contributed by atoms with E-state index in [2.05, 4.69) is 0 Å². The third kappa shape index (κ3) is 1.67. The lowest BCUT2D eigenvalue weighted by Gasteiger charge is -2.51. The van der Waals surface area contributed by atoms with E-state index in [1.165, 1.54) is 6.92 Å². The third-order valence-corrected chi connectivity index (χ3v) is 3.12. The van der Waals surface area contributed by atoms with Gasteiger partial charge in [0, 0.05) is 0 Å². The minimum Gasteiger partial charge on any atom is -0.230 e. The quantitative estimate of drug-likeness (QED) is 0.419. The van der Waals surface area contributed by atoms with Crippen LogP contribution in [0.5, 0.6) is 0 Å². The van der Waals surface area contributed by atoms with E-state index in [-0.39, 0.29) is 6.42 Å². The van der Waals surface area contributed by atoms with Gasteiger partial charge in [-0.15, -0.1) is 4.48 Å². The molecule has 1 saturated heterocycles. The Morgan fingerprint density at radius 3 is 1.40 bits per heavy atom. The zero-order valence-corrected chi connectivity index (χ0v) is 9.85. The van der Waals surface area contributed by atoms with Gasteiger partial charge in [-0.3, -0.25) is 0 Å². The van der Waals surface area contributed by atoms with Gasteiger partial charge in [-0.1, -0.05) is 19.8 Å². The number of alkyl halides is 9. The molecule has 0 amide bonds. The lowest BCUT2D eigenvalue weighted by atomic mass is 9.79. The second-order valence-corrected chi connectivity index (χ2v) is 4.42. The average Bonchev–Trinajstić information content (AvgIpc) is 2.32. The van der Waals surface area contributed by atoms with Crippen molar-refractivity contribution in [2.45, 2.75) is 55.8 Å². The summed E-state index contributed by atoms with van der Waals surface area (Å²) in [6, 6.07) is -12.8. The first-order chi connectivity index (χ1) is 8.72. The Morgan fingerprint density at radius 1 is 0.750 bits per heavy atom. The first-order valence-corrected chi connectivity index (χ1v) is 5.38. The Hall–Kier alpha value is -0.740.